The molecule has 4 rings (SSSR count). The Morgan fingerprint density at radius 1 is 1.22 bits per heavy atom. The molecule has 0 aliphatic heterocycles. The van der Waals surface area contributed by atoms with Crippen LogP contribution in [0.15, 0.2) is 48.9 Å². The van der Waals surface area contributed by atoms with Gasteiger partial charge in [-0.05, 0) is 37.0 Å². The molecule has 0 spiro atoms. The lowest BCUT2D eigenvalue weighted by molar-refractivity contribution is 0.299. The molecule has 1 aliphatic carbocycles. The predicted octanol–water partition coefficient (Wildman–Crippen LogP) is 2.93. The minimum Gasteiger partial charge on any atom is -0.493 e. The number of nitrogens with zero attached hydrogens (tertiary/aromatic N) is 3. The van der Waals surface area contributed by atoms with Crippen LogP contribution in [0.1, 0.15) is 18.5 Å². The fourth-order valence-electron chi connectivity index (χ4n) is 2.42. The number of ether oxygens (including phenoxy) is 1. The smallest absolute Gasteiger partial charge is 0.131 e. The van der Waals surface area contributed by atoms with Crippen molar-refractivity contribution >= 4 is 22.0 Å². The predicted molar refractivity (Wildman–Crippen MR) is 89.4 cm³/mol. The van der Waals surface area contributed by atoms with Gasteiger partial charge in [-0.2, -0.15) is 0 Å². The van der Waals surface area contributed by atoms with Crippen LogP contribution < -0.4 is 4.74 Å². The molecule has 5 nitrogen and oxygen atoms in total. The lowest BCUT2D eigenvalue weighted by Crippen LogP contribution is -2.07. The molecule has 0 radical (unpaired) electrons. The maximum atomic E-state index is 12.6. The zero-order valence-electron chi connectivity index (χ0n) is 12.6. The lowest BCUT2D eigenvalue weighted by Gasteiger charge is -2.07. The SMILES string of the molecule is O=S(Cc1cc(OCC2CC2)ccn1)n1cnc2ccccc21. The van der Waals surface area contributed by atoms with Crippen molar-refractivity contribution in [1.29, 1.82) is 0 Å². The number of pyridine rings is 1. The molecule has 0 N–H and O–H groups in total. The molecule has 118 valence electrons. The number of imidazole rings is 1. The van der Waals surface area contributed by atoms with Crippen LogP contribution in [-0.4, -0.2) is 24.8 Å². The molecule has 2 heterocycles. The fourth-order valence-corrected chi connectivity index (χ4v) is 3.49. The van der Waals surface area contributed by atoms with Crippen LogP contribution >= 0.6 is 0 Å². The normalized spacial score (nSPS) is 15.7. The molecule has 1 aliphatic rings. The first-order chi connectivity index (χ1) is 11.3. The fraction of sp³-hybridized carbons (Fsp3) is 0.294. The number of hydrogen-bond acceptors (Lipinski definition) is 4. The van der Waals surface area contributed by atoms with Crippen molar-refractivity contribution in [2.24, 2.45) is 5.92 Å². The summed E-state index contributed by atoms with van der Waals surface area (Å²) >= 11 is 0. The Hall–Kier alpha value is -2.21. The highest BCUT2D eigenvalue weighted by molar-refractivity contribution is 7.82. The van der Waals surface area contributed by atoms with Gasteiger partial charge in [0.05, 0.1) is 29.1 Å². The van der Waals surface area contributed by atoms with Crippen molar-refractivity contribution in [2.45, 2.75) is 18.6 Å². The van der Waals surface area contributed by atoms with Crippen molar-refractivity contribution in [3.8, 4) is 5.75 Å². The summed E-state index contributed by atoms with van der Waals surface area (Å²) in [4.78, 5) is 8.58. The van der Waals surface area contributed by atoms with E-state index in [-0.39, 0.29) is 0 Å². The van der Waals surface area contributed by atoms with E-state index in [9.17, 15) is 4.21 Å². The summed E-state index contributed by atoms with van der Waals surface area (Å²) in [6.07, 6.45) is 5.85. The van der Waals surface area contributed by atoms with Gasteiger partial charge in [-0.15, -0.1) is 0 Å². The van der Waals surface area contributed by atoms with Crippen LogP contribution in [0.3, 0.4) is 0 Å². The van der Waals surface area contributed by atoms with Gasteiger partial charge < -0.3 is 4.74 Å². The second kappa shape index (κ2) is 6.12. The first kappa shape index (κ1) is 14.4. The third kappa shape index (κ3) is 3.27. The highest BCUT2D eigenvalue weighted by Gasteiger charge is 2.22. The monoisotopic (exact) mass is 327 g/mol. The van der Waals surface area contributed by atoms with E-state index in [0.717, 1.165) is 29.1 Å². The Balaban J connectivity index is 1.50. The molecule has 0 amide bonds. The minimum atomic E-state index is -1.25. The lowest BCUT2D eigenvalue weighted by atomic mass is 10.3. The number of para-hydroxylation sites is 2. The van der Waals surface area contributed by atoms with E-state index in [1.807, 2.05) is 36.4 Å². The van der Waals surface area contributed by atoms with E-state index in [2.05, 4.69) is 9.97 Å². The third-order valence-electron chi connectivity index (χ3n) is 3.88. The number of rotatable bonds is 6. The maximum absolute atomic E-state index is 12.6. The molecular formula is C17H17N3O2S. The Kier molecular flexibility index (Phi) is 3.83. The summed E-state index contributed by atoms with van der Waals surface area (Å²) in [6, 6.07) is 11.4. The molecule has 23 heavy (non-hydrogen) atoms. The zero-order valence-corrected chi connectivity index (χ0v) is 13.4. The summed E-state index contributed by atoms with van der Waals surface area (Å²) in [5.74, 6) is 1.84. The standard InChI is InChI=1S/C17H17N3O2S/c21-23(20-12-19-16-3-1-2-4-17(16)20)11-14-9-15(7-8-18-14)22-10-13-5-6-13/h1-4,7-9,12-13H,5-6,10-11H2. The molecule has 1 aromatic carbocycles. The van der Waals surface area contributed by atoms with E-state index >= 15 is 0 Å². The van der Waals surface area contributed by atoms with Gasteiger partial charge in [0.25, 0.3) is 0 Å². The summed E-state index contributed by atoms with van der Waals surface area (Å²) in [7, 11) is -1.25. The highest BCUT2D eigenvalue weighted by atomic mass is 32.2. The van der Waals surface area contributed by atoms with Crippen LogP contribution in [0, 0.1) is 5.92 Å². The van der Waals surface area contributed by atoms with Crippen LogP contribution in [0.2, 0.25) is 0 Å². The number of benzene rings is 1. The van der Waals surface area contributed by atoms with Gasteiger partial charge in [0.15, 0.2) is 0 Å². The van der Waals surface area contributed by atoms with E-state index in [1.165, 1.54) is 12.8 Å². The Labute approximate surface area is 136 Å². The molecule has 1 unspecified atom stereocenters. The van der Waals surface area contributed by atoms with Crippen LogP contribution in [0.4, 0.5) is 0 Å². The third-order valence-corrected chi connectivity index (χ3v) is 5.15. The van der Waals surface area contributed by atoms with Gasteiger partial charge in [0.1, 0.15) is 23.1 Å². The Bertz CT molecular complexity index is 858. The number of hydrogen-bond donors (Lipinski definition) is 0. The molecule has 0 bridgehead atoms. The molecular weight excluding hydrogens is 310 g/mol. The minimum absolute atomic E-state index is 0.334. The van der Waals surface area contributed by atoms with Gasteiger partial charge in [-0.1, -0.05) is 12.1 Å². The van der Waals surface area contributed by atoms with Crippen molar-refractivity contribution in [3.63, 3.8) is 0 Å². The first-order valence-electron chi connectivity index (χ1n) is 7.68. The molecule has 1 atom stereocenters. The number of fused-ring (bicyclic) bond motifs is 1. The summed E-state index contributed by atoms with van der Waals surface area (Å²) < 4.78 is 20.1. The highest BCUT2D eigenvalue weighted by Crippen LogP contribution is 2.29. The molecule has 0 saturated heterocycles. The van der Waals surface area contributed by atoms with Gasteiger partial charge in [0.2, 0.25) is 0 Å². The average Bonchev–Trinajstić information content (AvgIpc) is 3.30. The molecule has 1 fully saturated rings. The van der Waals surface area contributed by atoms with Gasteiger partial charge in [0, 0.05) is 12.3 Å². The molecule has 1 saturated carbocycles. The topological polar surface area (TPSA) is 57.0 Å². The maximum Gasteiger partial charge on any atom is 0.131 e. The molecule has 6 heteroatoms. The van der Waals surface area contributed by atoms with E-state index < -0.39 is 11.0 Å². The zero-order chi connectivity index (χ0) is 15.6. The first-order valence-corrected chi connectivity index (χ1v) is 8.96. The molecule has 2 aromatic heterocycles. The summed E-state index contributed by atoms with van der Waals surface area (Å²) in [5, 5.41) is 0. The number of aromatic nitrogens is 3. The van der Waals surface area contributed by atoms with Crippen LogP contribution in [0.25, 0.3) is 11.0 Å². The van der Waals surface area contributed by atoms with Gasteiger partial charge >= 0.3 is 0 Å². The van der Waals surface area contributed by atoms with Crippen molar-refractivity contribution in [3.05, 3.63) is 54.6 Å². The summed E-state index contributed by atoms with van der Waals surface area (Å²) in [5.41, 5.74) is 2.47. The Morgan fingerprint density at radius 2 is 2.09 bits per heavy atom. The van der Waals surface area contributed by atoms with E-state index in [0.29, 0.717) is 11.7 Å². The van der Waals surface area contributed by atoms with Gasteiger partial charge in [-0.3, -0.25) is 4.98 Å². The van der Waals surface area contributed by atoms with Crippen LogP contribution in [-0.2, 0) is 16.7 Å². The average molecular weight is 327 g/mol. The second-order valence-corrected chi connectivity index (χ2v) is 7.09. The quantitative estimate of drug-likeness (QED) is 0.698. The van der Waals surface area contributed by atoms with Crippen molar-refractivity contribution in [2.75, 3.05) is 6.61 Å². The Morgan fingerprint density at radius 3 is 2.96 bits per heavy atom. The van der Waals surface area contributed by atoms with Crippen molar-refractivity contribution in [1.82, 2.24) is 13.9 Å². The molecule has 3 aromatic rings. The second-order valence-electron chi connectivity index (χ2n) is 5.76. The van der Waals surface area contributed by atoms with E-state index in [1.54, 1.807) is 16.5 Å². The van der Waals surface area contributed by atoms with E-state index in [4.69, 9.17) is 4.74 Å². The largest absolute Gasteiger partial charge is 0.493 e. The van der Waals surface area contributed by atoms with Crippen molar-refractivity contribution < 1.29 is 8.95 Å². The van der Waals surface area contributed by atoms with Crippen LogP contribution in [0.5, 0.6) is 5.75 Å². The van der Waals surface area contributed by atoms with Gasteiger partial charge in [-0.25, -0.2) is 13.2 Å². The summed E-state index contributed by atoms with van der Waals surface area (Å²) in [6.45, 7) is 0.763.